The van der Waals surface area contributed by atoms with Crippen LogP contribution in [0.15, 0.2) is 28.7 Å². The topological polar surface area (TPSA) is 26.3 Å². The van der Waals surface area contributed by atoms with E-state index < -0.39 is 0 Å². The van der Waals surface area contributed by atoms with Gasteiger partial charge in [-0.05, 0) is 76.5 Å². The molecule has 0 aromatic heterocycles. The van der Waals surface area contributed by atoms with E-state index in [1.165, 1.54) is 18.4 Å². The Morgan fingerprint density at radius 2 is 2.05 bits per heavy atom. The number of esters is 1. The molecule has 0 radical (unpaired) electrons. The molecule has 0 unspecified atom stereocenters. The van der Waals surface area contributed by atoms with Crippen molar-refractivity contribution in [2.75, 3.05) is 0 Å². The predicted molar refractivity (Wildman–Crippen MR) is 89.2 cm³/mol. The third-order valence-corrected chi connectivity index (χ3v) is 4.78. The first-order chi connectivity index (χ1) is 9.97. The van der Waals surface area contributed by atoms with Crippen molar-refractivity contribution in [1.82, 2.24) is 0 Å². The van der Waals surface area contributed by atoms with Gasteiger partial charge in [0.05, 0.1) is 5.41 Å². The zero-order valence-corrected chi connectivity index (χ0v) is 14.6. The first-order valence-corrected chi connectivity index (χ1v) is 8.72. The molecule has 0 aliphatic heterocycles. The molecule has 116 valence electrons. The van der Waals surface area contributed by atoms with Crippen LogP contribution in [0.2, 0.25) is 0 Å². The molecule has 0 spiro atoms. The number of aryl methyl sites for hydroxylation is 1. The molecule has 0 heterocycles. The Balaban J connectivity index is 1.78. The lowest BCUT2D eigenvalue weighted by molar-refractivity contribution is -0.159. The molecule has 3 heteroatoms. The smallest absolute Gasteiger partial charge is 0.311 e. The number of carbonyl (C=O) groups excluding carboxylic acids is 1. The molecule has 0 atom stereocenters. The lowest BCUT2D eigenvalue weighted by atomic mass is 9.86. The van der Waals surface area contributed by atoms with Crippen molar-refractivity contribution in [3.63, 3.8) is 0 Å². The normalized spacial score (nSPS) is 16.1. The summed E-state index contributed by atoms with van der Waals surface area (Å²) in [7, 11) is 0. The number of hydrogen-bond acceptors (Lipinski definition) is 2. The molecular weight excluding hydrogens is 328 g/mol. The Labute approximate surface area is 136 Å². The van der Waals surface area contributed by atoms with Crippen LogP contribution < -0.4 is 0 Å². The summed E-state index contributed by atoms with van der Waals surface area (Å²) in [4.78, 5) is 12.3. The molecule has 1 aromatic carbocycles. The Morgan fingerprint density at radius 1 is 1.33 bits per heavy atom. The van der Waals surface area contributed by atoms with Gasteiger partial charge in [0, 0.05) is 4.47 Å². The quantitative estimate of drug-likeness (QED) is 0.650. The van der Waals surface area contributed by atoms with E-state index in [1.54, 1.807) is 0 Å². The van der Waals surface area contributed by atoms with E-state index in [-0.39, 0.29) is 17.5 Å². The van der Waals surface area contributed by atoms with Crippen molar-refractivity contribution in [2.24, 2.45) is 5.41 Å². The van der Waals surface area contributed by atoms with Crippen LogP contribution in [-0.2, 0) is 16.0 Å². The lowest BCUT2D eigenvalue weighted by Crippen LogP contribution is -2.29. The van der Waals surface area contributed by atoms with Gasteiger partial charge >= 0.3 is 5.97 Å². The highest BCUT2D eigenvalue weighted by molar-refractivity contribution is 9.10. The van der Waals surface area contributed by atoms with Gasteiger partial charge in [-0.1, -0.05) is 28.1 Å². The number of ether oxygens (including phenoxy) is 1. The van der Waals surface area contributed by atoms with Crippen LogP contribution in [-0.4, -0.2) is 12.1 Å². The molecule has 1 aromatic rings. The minimum absolute atomic E-state index is 0.0244. The number of hydrogen-bond donors (Lipinski definition) is 0. The van der Waals surface area contributed by atoms with Crippen LogP contribution in [0, 0.1) is 5.41 Å². The summed E-state index contributed by atoms with van der Waals surface area (Å²) in [6.07, 6.45) is 7.51. The molecule has 0 N–H and O–H groups in total. The van der Waals surface area contributed by atoms with Gasteiger partial charge in [-0.25, -0.2) is 0 Å². The Kier molecular flexibility index (Phi) is 5.86. The molecule has 1 aliphatic rings. The SMILES string of the molecule is CC(C)(CCCc1cccc(Br)c1)C(=O)OC1CCCC1. The minimum atomic E-state index is -0.380. The Morgan fingerprint density at radius 3 is 2.71 bits per heavy atom. The van der Waals surface area contributed by atoms with Crippen LogP contribution in [0.1, 0.15) is 57.9 Å². The van der Waals surface area contributed by atoms with Crippen molar-refractivity contribution >= 4 is 21.9 Å². The fourth-order valence-electron chi connectivity index (χ4n) is 2.85. The molecule has 1 saturated carbocycles. The van der Waals surface area contributed by atoms with Gasteiger partial charge in [-0.2, -0.15) is 0 Å². The average Bonchev–Trinajstić information content (AvgIpc) is 2.91. The molecule has 1 fully saturated rings. The molecule has 21 heavy (non-hydrogen) atoms. The summed E-state index contributed by atoms with van der Waals surface area (Å²) >= 11 is 3.49. The van der Waals surface area contributed by atoms with E-state index in [0.717, 1.165) is 36.6 Å². The van der Waals surface area contributed by atoms with E-state index in [4.69, 9.17) is 4.74 Å². The van der Waals surface area contributed by atoms with Crippen LogP contribution >= 0.6 is 15.9 Å². The van der Waals surface area contributed by atoms with E-state index in [1.807, 2.05) is 19.9 Å². The second-order valence-electron chi connectivity index (χ2n) is 6.68. The first-order valence-electron chi connectivity index (χ1n) is 7.93. The second-order valence-corrected chi connectivity index (χ2v) is 7.59. The monoisotopic (exact) mass is 352 g/mol. The van der Waals surface area contributed by atoms with Gasteiger partial charge in [0.25, 0.3) is 0 Å². The highest BCUT2D eigenvalue weighted by atomic mass is 79.9. The summed E-state index contributed by atoms with van der Waals surface area (Å²) in [5.41, 5.74) is 0.929. The van der Waals surface area contributed by atoms with Crippen molar-refractivity contribution in [3.05, 3.63) is 34.3 Å². The number of benzene rings is 1. The fourth-order valence-corrected chi connectivity index (χ4v) is 3.29. The highest BCUT2D eigenvalue weighted by Crippen LogP contribution is 2.29. The molecular formula is C18H25BrO2. The number of carbonyl (C=O) groups is 1. The van der Waals surface area contributed by atoms with Gasteiger partial charge in [0.1, 0.15) is 6.10 Å². The second kappa shape index (κ2) is 7.44. The van der Waals surface area contributed by atoms with Crippen molar-refractivity contribution in [3.8, 4) is 0 Å². The van der Waals surface area contributed by atoms with Crippen LogP contribution in [0.3, 0.4) is 0 Å². The molecule has 1 aliphatic carbocycles. The van der Waals surface area contributed by atoms with E-state index in [0.29, 0.717) is 0 Å². The fraction of sp³-hybridized carbons (Fsp3) is 0.611. The van der Waals surface area contributed by atoms with Gasteiger partial charge in [-0.15, -0.1) is 0 Å². The van der Waals surface area contributed by atoms with Gasteiger partial charge in [-0.3, -0.25) is 4.79 Å². The first kappa shape index (κ1) is 16.5. The van der Waals surface area contributed by atoms with Crippen molar-refractivity contribution < 1.29 is 9.53 Å². The summed E-state index contributed by atoms with van der Waals surface area (Å²) in [6, 6.07) is 8.36. The number of halogens is 1. The zero-order chi connectivity index (χ0) is 15.3. The van der Waals surface area contributed by atoms with Gasteiger partial charge in [0.2, 0.25) is 0 Å². The van der Waals surface area contributed by atoms with Crippen LogP contribution in [0.25, 0.3) is 0 Å². The summed E-state index contributed by atoms with van der Waals surface area (Å²) < 4.78 is 6.76. The van der Waals surface area contributed by atoms with Gasteiger partial charge < -0.3 is 4.74 Å². The third kappa shape index (κ3) is 5.14. The molecule has 2 rings (SSSR count). The van der Waals surface area contributed by atoms with Gasteiger partial charge in [0.15, 0.2) is 0 Å². The molecule has 0 bridgehead atoms. The summed E-state index contributed by atoms with van der Waals surface area (Å²) in [6.45, 7) is 4.01. The largest absolute Gasteiger partial charge is 0.462 e. The maximum atomic E-state index is 12.3. The molecule has 0 amide bonds. The Bertz CT molecular complexity index is 476. The van der Waals surface area contributed by atoms with E-state index in [9.17, 15) is 4.79 Å². The van der Waals surface area contributed by atoms with Crippen LogP contribution in [0.4, 0.5) is 0 Å². The zero-order valence-electron chi connectivity index (χ0n) is 13.0. The lowest BCUT2D eigenvalue weighted by Gasteiger charge is -2.24. The van der Waals surface area contributed by atoms with Crippen molar-refractivity contribution in [2.45, 2.75) is 64.9 Å². The molecule has 0 saturated heterocycles. The number of rotatable bonds is 6. The molecule has 2 nitrogen and oxygen atoms in total. The Hall–Kier alpha value is -0.830. The van der Waals surface area contributed by atoms with E-state index in [2.05, 4.69) is 34.1 Å². The average molecular weight is 353 g/mol. The summed E-state index contributed by atoms with van der Waals surface area (Å²) in [5, 5.41) is 0. The third-order valence-electron chi connectivity index (χ3n) is 4.28. The van der Waals surface area contributed by atoms with Crippen molar-refractivity contribution in [1.29, 1.82) is 0 Å². The maximum absolute atomic E-state index is 12.3. The van der Waals surface area contributed by atoms with Crippen LogP contribution in [0.5, 0.6) is 0 Å². The predicted octanol–water partition coefficient (Wildman–Crippen LogP) is 5.28. The summed E-state index contributed by atoms with van der Waals surface area (Å²) in [5.74, 6) is -0.0244. The highest BCUT2D eigenvalue weighted by Gasteiger charge is 2.31. The maximum Gasteiger partial charge on any atom is 0.311 e. The standard InChI is InChI=1S/C18H25BrO2/c1-18(2,17(20)21-16-10-3-4-11-16)12-6-8-14-7-5-9-15(19)13-14/h5,7,9,13,16H,3-4,6,8,10-12H2,1-2H3. The minimum Gasteiger partial charge on any atom is -0.462 e. The van der Waals surface area contributed by atoms with E-state index >= 15 is 0 Å².